The lowest BCUT2D eigenvalue weighted by atomic mass is 10.1. The predicted octanol–water partition coefficient (Wildman–Crippen LogP) is 5.08. The van der Waals surface area contributed by atoms with Gasteiger partial charge < -0.3 is 19.7 Å². The second kappa shape index (κ2) is 10.4. The van der Waals surface area contributed by atoms with Crippen LogP contribution in [-0.2, 0) is 16.4 Å². The highest BCUT2D eigenvalue weighted by atomic mass is 32.2. The molecule has 10 heteroatoms. The van der Waals surface area contributed by atoms with Gasteiger partial charge in [-0.1, -0.05) is 36.4 Å². The third kappa shape index (κ3) is 4.80. The van der Waals surface area contributed by atoms with Crippen molar-refractivity contribution in [2.45, 2.75) is 29.3 Å². The molecular weight excluding hydrogens is 547 g/mol. The standard InChI is InChI=1S/C31H25FN2O6S/c1-19(20-10-12-26-27(17-20)40-15-14-39-26)33-30(35)21-11-13-29-25(16-21)34(18-22-6-2-4-8-24(22)32)31(36)23-7-3-5-9-28(23)41(29,37)38/h2-13,16-17,19H,14-15,18H2,1H3,(H,33,35)/t19-/m1/s1. The van der Waals surface area contributed by atoms with Gasteiger partial charge in [-0.25, -0.2) is 12.8 Å². The number of fused-ring (bicyclic) bond motifs is 3. The van der Waals surface area contributed by atoms with Crippen molar-refractivity contribution in [3.05, 3.63) is 113 Å². The molecule has 0 radical (unpaired) electrons. The molecule has 8 nitrogen and oxygen atoms in total. The van der Waals surface area contributed by atoms with Gasteiger partial charge in [-0.05, 0) is 61.0 Å². The molecule has 4 aromatic rings. The van der Waals surface area contributed by atoms with Crippen LogP contribution < -0.4 is 19.7 Å². The van der Waals surface area contributed by atoms with E-state index in [1.165, 1.54) is 59.5 Å². The molecule has 1 N–H and O–H groups in total. The largest absolute Gasteiger partial charge is 0.486 e. The lowest BCUT2D eigenvalue weighted by molar-refractivity contribution is 0.0937. The number of nitrogens with one attached hydrogen (secondary N) is 1. The number of carbonyl (C=O) groups is 2. The van der Waals surface area contributed by atoms with Crippen LogP contribution in [0.25, 0.3) is 0 Å². The molecule has 0 spiro atoms. The number of amides is 2. The number of nitrogens with zero attached hydrogens (tertiary/aromatic N) is 1. The average molecular weight is 573 g/mol. The number of hydrogen-bond acceptors (Lipinski definition) is 6. The molecule has 0 aliphatic carbocycles. The molecule has 0 aromatic heterocycles. The maximum atomic E-state index is 14.7. The number of sulfone groups is 1. The van der Waals surface area contributed by atoms with Gasteiger partial charge in [-0.3, -0.25) is 9.59 Å². The fraction of sp³-hybridized carbons (Fsp3) is 0.161. The van der Waals surface area contributed by atoms with E-state index in [9.17, 15) is 22.4 Å². The van der Waals surface area contributed by atoms with E-state index in [0.717, 1.165) is 5.56 Å². The SMILES string of the molecule is C[C@@H](NC(=O)c1ccc2c(c1)N(Cc1ccccc1F)C(=O)c1ccccc1S2(=O)=O)c1ccc2c(c1)OCCO2. The number of anilines is 1. The number of rotatable bonds is 5. The number of ether oxygens (including phenoxy) is 2. The van der Waals surface area contributed by atoms with Gasteiger partial charge in [0.2, 0.25) is 9.84 Å². The summed E-state index contributed by atoms with van der Waals surface area (Å²) in [5.41, 5.74) is 1.09. The van der Waals surface area contributed by atoms with Crippen molar-refractivity contribution in [3.63, 3.8) is 0 Å². The Morgan fingerprint density at radius 2 is 1.66 bits per heavy atom. The van der Waals surface area contributed by atoms with Crippen LogP contribution in [-0.4, -0.2) is 33.4 Å². The van der Waals surface area contributed by atoms with E-state index in [-0.39, 0.29) is 38.7 Å². The van der Waals surface area contributed by atoms with Crippen molar-refractivity contribution in [2.75, 3.05) is 18.1 Å². The molecule has 0 fully saturated rings. The predicted molar refractivity (Wildman–Crippen MR) is 149 cm³/mol. The Morgan fingerprint density at radius 1 is 0.927 bits per heavy atom. The van der Waals surface area contributed by atoms with Crippen LogP contribution in [0, 0.1) is 5.82 Å². The zero-order valence-corrected chi connectivity index (χ0v) is 22.8. The minimum Gasteiger partial charge on any atom is -0.486 e. The summed E-state index contributed by atoms with van der Waals surface area (Å²) in [5, 5.41) is 2.92. The summed E-state index contributed by atoms with van der Waals surface area (Å²) in [6, 6.07) is 20.9. The van der Waals surface area contributed by atoms with Gasteiger partial charge in [-0.2, -0.15) is 0 Å². The number of benzene rings is 4. The van der Waals surface area contributed by atoms with E-state index < -0.39 is 33.5 Å². The quantitative estimate of drug-likeness (QED) is 0.358. The Kier molecular flexibility index (Phi) is 6.70. The van der Waals surface area contributed by atoms with E-state index in [2.05, 4.69) is 5.32 Å². The van der Waals surface area contributed by atoms with Crippen LogP contribution in [0.5, 0.6) is 11.5 Å². The van der Waals surface area contributed by atoms with Crippen molar-refractivity contribution in [1.82, 2.24) is 5.32 Å². The minimum atomic E-state index is -4.14. The first-order valence-electron chi connectivity index (χ1n) is 13.0. The minimum absolute atomic E-state index is 0.00548. The van der Waals surface area contributed by atoms with Crippen molar-refractivity contribution in [3.8, 4) is 11.5 Å². The molecule has 2 amide bonds. The van der Waals surface area contributed by atoms with Crippen molar-refractivity contribution >= 4 is 27.3 Å². The second-order valence-corrected chi connectivity index (χ2v) is 11.6. The van der Waals surface area contributed by atoms with Gasteiger partial charge in [0.1, 0.15) is 19.0 Å². The lowest BCUT2D eigenvalue weighted by Crippen LogP contribution is -2.31. The molecule has 0 saturated heterocycles. The third-order valence-corrected chi connectivity index (χ3v) is 9.01. The molecule has 1 atom stereocenters. The Hall–Kier alpha value is -4.70. The van der Waals surface area contributed by atoms with E-state index in [4.69, 9.17) is 9.47 Å². The molecule has 2 aliphatic rings. The zero-order valence-electron chi connectivity index (χ0n) is 22.0. The molecule has 0 unspecified atom stereocenters. The monoisotopic (exact) mass is 572 g/mol. The number of hydrogen-bond donors (Lipinski definition) is 1. The summed E-state index contributed by atoms with van der Waals surface area (Å²) in [5.74, 6) is -0.413. The Labute approximate surface area is 236 Å². The average Bonchev–Trinajstić information content (AvgIpc) is 3.05. The topological polar surface area (TPSA) is 102 Å². The molecular formula is C31H25FN2O6S. The molecule has 0 bridgehead atoms. The Balaban J connectivity index is 1.39. The smallest absolute Gasteiger partial charge is 0.259 e. The van der Waals surface area contributed by atoms with Crippen LogP contribution in [0.2, 0.25) is 0 Å². The highest BCUT2D eigenvalue weighted by molar-refractivity contribution is 7.91. The second-order valence-electron chi connectivity index (χ2n) is 9.76. The van der Waals surface area contributed by atoms with E-state index in [1.54, 1.807) is 24.3 Å². The summed E-state index contributed by atoms with van der Waals surface area (Å²) in [6.07, 6.45) is 0. The van der Waals surface area contributed by atoms with Crippen LogP contribution in [0.1, 0.15) is 44.8 Å². The number of carbonyl (C=O) groups excluding carboxylic acids is 2. The highest BCUT2D eigenvalue weighted by Crippen LogP contribution is 2.39. The number of halogens is 1. The third-order valence-electron chi connectivity index (χ3n) is 7.15. The summed E-state index contributed by atoms with van der Waals surface area (Å²) < 4.78 is 53.3. The zero-order chi connectivity index (χ0) is 28.7. The normalized spacial score (nSPS) is 15.8. The van der Waals surface area contributed by atoms with Crippen molar-refractivity contribution in [1.29, 1.82) is 0 Å². The fourth-order valence-corrected chi connectivity index (χ4v) is 6.63. The Morgan fingerprint density at radius 3 is 2.46 bits per heavy atom. The first-order valence-corrected chi connectivity index (χ1v) is 14.5. The van der Waals surface area contributed by atoms with E-state index >= 15 is 0 Å². The first-order chi connectivity index (χ1) is 19.7. The molecule has 6 rings (SSSR count). The summed E-state index contributed by atoms with van der Waals surface area (Å²) in [4.78, 5) is 28.1. The fourth-order valence-electron chi connectivity index (χ4n) is 4.99. The van der Waals surface area contributed by atoms with Gasteiger partial charge in [0.15, 0.2) is 11.5 Å². The summed E-state index contributed by atoms with van der Waals surface area (Å²) in [6.45, 7) is 2.47. The molecule has 41 heavy (non-hydrogen) atoms. The first kappa shape index (κ1) is 26.5. The van der Waals surface area contributed by atoms with Gasteiger partial charge in [0.05, 0.1) is 33.6 Å². The molecule has 2 aliphatic heterocycles. The van der Waals surface area contributed by atoms with Crippen LogP contribution in [0.4, 0.5) is 10.1 Å². The Bertz CT molecular complexity index is 1810. The van der Waals surface area contributed by atoms with Gasteiger partial charge >= 0.3 is 0 Å². The molecule has 2 heterocycles. The van der Waals surface area contributed by atoms with Crippen LogP contribution >= 0.6 is 0 Å². The van der Waals surface area contributed by atoms with Gasteiger partial charge in [-0.15, -0.1) is 0 Å². The lowest BCUT2D eigenvalue weighted by Gasteiger charge is -2.24. The van der Waals surface area contributed by atoms with Gasteiger partial charge in [0.25, 0.3) is 11.8 Å². The molecule has 208 valence electrons. The maximum absolute atomic E-state index is 14.7. The van der Waals surface area contributed by atoms with E-state index in [1.807, 2.05) is 13.0 Å². The highest BCUT2D eigenvalue weighted by Gasteiger charge is 2.36. The van der Waals surface area contributed by atoms with Crippen molar-refractivity contribution < 1.29 is 31.9 Å². The molecule has 0 saturated carbocycles. The van der Waals surface area contributed by atoms with Gasteiger partial charge in [0, 0.05) is 11.1 Å². The molecule has 4 aromatic carbocycles. The summed E-state index contributed by atoms with van der Waals surface area (Å²) >= 11 is 0. The maximum Gasteiger partial charge on any atom is 0.259 e. The van der Waals surface area contributed by atoms with Crippen LogP contribution in [0.15, 0.2) is 94.7 Å². The van der Waals surface area contributed by atoms with E-state index in [0.29, 0.717) is 24.7 Å². The summed E-state index contributed by atoms with van der Waals surface area (Å²) in [7, 11) is -4.14. The van der Waals surface area contributed by atoms with Crippen molar-refractivity contribution in [2.24, 2.45) is 0 Å². The van der Waals surface area contributed by atoms with Crippen LogP contribution in [0.3, 0.4) is 0 Å².